The van der Waals surface area contributed by atoms with Gasteiger partial charge in [-0.3, -0.25) is 4.79 Å². The molecule has 1 amide bonds. The first kappa shape index (κ1) is 16.2. The number of aromatic nitrogens is 2. The zero-order valence-corrected chi connectivity index (χ0v) is 13.2. The summed E-state index contributed by atoms with van der Waals surface area (Å²) in [6.07, 6.45) is 0. The molecule has 2 aromatic rings. The lowest BCUT2D eigenvalue weighted by molar-refractivity contribution is -0.118. The number of carbonyl (C=O) groups is 1. The summed E-state index contributed by atoms with van der Waals surface area (Å²) in [7, 11) is 0. The van der Waals surface area contributed by atoms with Gasteiger partial charge in [0.25, 0.3) is 0 Å². The second-order valence-electron chi connectivity index (χ2n) is 4.87. The van der Waals surface area contributed by atoms with E-state index in [2.05, 4.69) is 15.3 Å². The quantitative estimate of drug-likeness (QED) is 0.652. The monoisotopic (exact) mass is 320 g/mol. The number of nitrogens with zero attached hydrogens (tertiary/aromatic N) is 2. The molecule has 0 fully saturated rings. The van der Waals surface area contributed by atoms with Gasteiger partial charge in [-0.1, -0.05) is 23.9 Å². The standard InChI is InChI=1S/C15H17FN4OS/c1-9-5-11(3-4-12(9)16)7-18-14(21)8-22-15-19-10(2)6-13(17)20-15/h3-6H,7-8H2,1-2H3,(H,18,21)(H2,17,19,20). The average molecular weight is 320 g/mol. The molecule has 5 nitrogen and oxygen atoms in total. The molecule has 0 saturated carbocycles. The van der Waals surface area contributed by atoms with Crippen molar-refractivity contribution in [2.24, 2.45) is 0 Å². The maximum atomic E-state index is 13.2. The first-order chi connectivity index (χ1) is 10.4. The van der Waals surface area contributed by atoms with Crippen molar-refractivity contribution in [2.75, 3.05) is 11.5 Å². The van der Waals surface area contributed by atoms with E-state index in [0.717, 1.165) is 11.3 Å². The molecule has 0 bridgehead atoms. The Hall–Kier alpha value is -2.15. The van der Waals surface area contributed by atoms with E-state index in [-0.39, 0.29) is 17.5 Å². The van der Waals surface area contributed by atoms with Crippen LogP contribution in [0.5, 0.6) is 0 Å². The van der Waals surface area contributed by atoms with Crippen molar-refractivity contribution in [3.8, 4) is 0 Å². The first-order valence-electron chi connectivity index (χ1n) is 6.70. The summed E-state index contributed by atoms with van der Waals surface area (Å²) >= 11 is 1.22. The van der Waals surface area contributed by atoms with Gasteiger partial charge in [0.15, 0.2) is 5.16 Å². The van der Waals surface area contributed by atoms with E-state index in [9.17, 15) is 9.18 Å². The van der Waals surface area contributed by atoms with Crippen molar-refractivity contribution in [1.29, 1.82) is 0 Å². The predicted molar refractivity (Wildman–Crippen MR) is 84.9 cm³/mol. The molecule has 0 aliphatic rings. The van der Waals surface area contributed by atoms with Crippen LogP contribution in [0.3, 0.4) is 0 Å². The third-order valence-electron chi connectivity index (χ3n) is 2.90. The van der Waals surface area contributed by atoms with Crippen LogP contribution < -0.4 is 11.1 Å². The maximum Gasteiger partial charge on any atom is 0.230 e. The minimum Gasteiger partial charge on any atom is -0.384 e. The molecule has 116 valence electrons. The number of thioether (sulfide) groups is 1. The van der Waals surface area contributed by atoms with Gasteiger partial charge in [-0.2, -0.15) is 0 Å². The number of nitrogen functional groups attached to an aromatic ring is 1. The highest BCUT2D eigenvalue weighted by molar-refractivity contribution is 7.99. The zero-order chi connectivity index (χ0) is 16.1. The molecule has 0 radical (unpaired) electrons. The summed E-state index contributed by atoms with van der Waals surface area (Å²) in [6, 6.07) is 6.43. The maximum absolute atomic E-state index is 13.2. The molecule has 22 heavy (non-hydrogen) atoms. The molecule has 0 unspecified atom stereocenters. The van der Waals surface area contributed by atoms with Crippen LogP contribution in [0.4, 0.5) is 10.2 Å². The Morgan fingerprint density at radius 1 is 1.32 bits per heavy atom. The normalized spacial score (nSPS) is 10.5. The van der Waals surface area contributed by atoms with Crippen molar-refractivity contribution in [3.05, 3.63) is 46.9 Å². The first-order valence-corrected chi connectivity index (χ1v) is 7.68. The third-order valence-corrected chi connectivity index (χ3v) is 3.75. The molecule has 0 aliphatic carbocycles. The van der Waals surface area contributed by atoms with Gasteiger partial charge in [0.05, 0.1) is 5.75 Å². The number of nitrogens with one attached hydrogen (secondary N) is 1. The molecule has 3 N–H and O–H groups in total. The number of nitrogens with two attached hydrogens (primary N) is 1. The van der Waals surface area contributed by atoms with E-state index >= 15 is 0 Å². The molecule has 1 aromatic heterocycles. The smallest absolute Gasteiger partial charge is 0.230 e. The lowest BCUT2D eigenvalue weighted by Crippen LogP contribution is -2.24. The molecule has 1 aromatic carbocycles. The number of hydrogen-bond acceptors (Lipinski definition) is 5. The Morgan fingerprint density at radius 2 is 2.09 bits per heavy atom. The molecular formula is C15H17FN4OS. The van der Waals surface area contributed by atoms with Gasteiger partial charge < -0.3 is 11.1 Å². The van der Waals surface area contributed by atoms with Crippen molar-refractivity contribution in [1.82, 2.24) is 15.3 Å². The van der Waals surface area contributed by atoms with Crippen LogP contribution >= 0.6 is 11.8 Å². The Labute approximate surface area is 132 Å². The molecule has 0 spiro atoms. The van der Waals surface area contributed by atoms with Crippen LogP contribution in [0.2, 0.25) is 0 Å². The molecule has 0 aliphatic heterocycles. The summed E-state index contributed by atoms with van der Waals surface area (Å²) < 4.78 is 13.2. The van der Waals surface area contributed by atoms with Gasteiger partial charge in [-0.05, 0) is 31.0 Å². The predicted octanol–water partition coefficient (Wildman–Crippen LogP) is 2.22. The number of hydrogen-bond donors (Lipinski definition) is 2. The average Bonchev–Trinajstić information content (AvgIpc) is 2.45. The van der Waals surface area contributed by atoms with Gasteiger partial charge in [0.2, 0.25) is 5.91 Å². The van der Waals surface area contributed by atoms with E-state index in [1.165, 1.54) is 17.8 Å². The number of amides is 1. The largest absolute Gasteiger partial charge is 0.384 e. The highest BCUT2D eigenvalue weighted by atomic mass is 32.2. The van der Waals surface area contributed by atoms with Crippen molar-refractivity contribution in [2.45, 2.75) is 25.5 Å². The van der Waals surface area contributed by atoms with Crippen molar-refractivity contribution >= 4 is 23.5 Å². The molecule has 7 heteroatoms. The fraction of sp³-hybridized carbons (Fsp3) is 0.267. The van der Waals surface area contributed by atoms with Crippen molar-refractivity contribution in [3.63, 3.8) is 0 Å². The second-order valence-corrected chi connectivity index (χ2v) is 5.81. The summed E-state index contributed by atoms with van der Waals surface area (Å²) in [5.41, 5.74) is 7.81. The van der Waals surface area contributed by atoms with Crippen LogP contribution in [-0.4, -0.2) is 21.6 Å². The number of aryl methyl sites for hydroxylation is 2. The second kappa shape index (κ2) is 7.22. The van der Waals surface area contributed by atoms with Crippen LogP contribution in [0.1, 0.15) is 16.8 Å². The molecule has 1 heterocycles. The minimum atomic E-state index is -0.250. The van der Waals surface area contributed by atoms with Gasteiger partial charge in [0.1, 0.15) is 11.6 Å². The Balaban J connectivity index is 1.84. The summed E-state index contributed by atoms with van der Waals surface area (Å²) in [4.78, 5) is 20.1. The van der Waals surface area contributed by atoms with Crippen LogP contribution in [-0.2, 0) is 11.3 Å². The van der Waals surface area contributed by atoms with Gasteiger partial charge in [-0.25, -0.2) is 14.4 Å². The Kier molecular flexibility index (Phi) is 5.32. The summed E-state index contributed by atoms with van der Waals surface area (Å²) in [6.45, 7) is 3.87. The number of benzene rings is 1. The van der Waals surface area contributed by atoms with E-state index < -0.39 is 0 Å². The highest BCUT2D eigenvalue weighted by Crippen LogP contribution is 2.15. The van der Waals surface area contributed by atoms with Gasteiger partial charge in [-0.15, -0.1) is 0 Å². The zero-order valence-electron chi connectivity index (χ0n) is 12.4. The lowest BCUT2D eigenvalue weighted by Gasteiger charge is -2.07. The summed E-state index contributed by atoms with van der Waals surface area (Å²) in [5.74, 6) is 0.191. The summed E-state index contributed by atoms with van der Waals surface area (Å²) in [5, 5.41) is 3.25. The van der Waals surface area contributed by atoms with Crippen molar-refractivity contribution < 1.29 is 9.18 Å². The Morgan fingerprint density at radius 3 is 2.77 bits per heavy atom. The van der Waals surface area contributed by atoms with Crippen LogP contribution in [0.15, 0.2) is 29.4 Å². The molecule has 2 rings (SSSR count). The Bertz CT molecular complexity index is 673. The van der Waals surface area contributed by atoms with E-state index in [0.29, 0.717) is 23.1 Å². The third kappa shape index (κ3) is 4.70. The SMILES string of the molecule is Cc1cc(N)nc(SCC(=O)NCc2ccc(F)c(C)c2)n1. The molecular weight excluding hydrogens is 303 g/mol. The van der Waals surface area contributed by atoms with Gasteiger partial charge in [0, 0.05) is 18.3 Å². The topological polar surface area (TPSA) is 80.9 Å². The van der Waals surface area contributed by atoms with Crippen LogP contribution in [0.25, 0.3) is 0 Å². The highest BCUT2D eigenvalue weighted by Gasteiger charge is 2.07. The number of anilines is 1. The number of carbonyl (C=O) groups excluding carboxylic acids is 1. The minimum absolute atomic E-state index is 0.143. The van der Waals surface area contributed by atoms with Gasteiger partial charge >= 0.3 is 0 Å². The molecule has 0 saturated heterocycles. The van der Waals surface area contributed by atoms with E-state index in [4.69, 9.17) is 5.73 Å². The fourth-order valence-electron chi connectivity index (χ4n) is 1.83. The van der Waals surface area contributed by atoms with E-state index in [1.54, 1.807) is 25.1 Å². The van der Waals surface area contributed by atoms with E-state index in [1.807, 2.05) is 6.92 Å². The number of halogens is 1. The number of rotatable bonds is 5. The lowest BCUT2D eigenvalue weighted by atomic mass is 10.1. The fourth-order valence-corrected chi connectivity index (χ4v) is 2.57. The van der Waals surface area contributed by atoms with Crippen LogP contribution in [0, 0.1) is 19.7 Å². The molecule has 0 atom stereocenters.